The quantitative estimate of drug-likeness (QED) is 0.427. The lowest BCUT2D eigenvalue weighted by atomic mass is 10.1. The predicted molar refractivity (Wildman–Crippen MR) is 56.7 cm³/mol. The molecular formula is C12H12O3. The van der Waals surface area contributed by atoms with Crippen molar-refractivity contribution >= 4 is 11.8 Å². The molecule has 1 aromatic carbocycles. The maximum Gasteiger partial charge on any atom is 0.335 e. The molecule has 0 radical (unpaired) electrons. The molecule has 0 fully saturated rings. The Balaban J connectivity index is 2.67. The molecule has 1 aromatic rings. The fraction of sp³-hybridized carbons (Fsp3) is 0.167. The van der Waals surface area contributed by atoms with Crippen molar-refractivity contribution in [1.82, 2.24) is 0 Å². The summed E-state index contributed by atoms with van der Waals surface area (Å²) in [6.07, 6.45) is 1.50. The van der Waals surface area contributed by atoms with E-state index in [4.69, 9.17) is 4.74 Å². The Bertz CT molecular complexity index is 376. The van der Waals surface area contributed by atoms with Crippen LogP contribution in [0.2, 0.25) is 0 Å². The predicted octanol–water partition coefficient (Wildman–Crippen LogP) is 1.91. The van der Waals surface area contributed by atoms with Crippen LogP contribution in [0.5, 0.6) is 5.75 Å². The Labute approximate surface area is 88.4 Å². The van der Waals surface area contributed by atoms with Gasteiger partial charge in [-0.2, -0.15) is 0 Å². The monoisotopic (exact) mass is 204 g/mol. The number of carbonyl (C=O) groups is 2. The van der Waals surface area contributed by atoms with Crippen molar-refractivity contribution in [2.45, 2.75) is 13.3 Å². The molecule has 3 heteroatoms. The first kappa shape index (κ1) is 11.2. The lowest BCUT2D eigenvalue weighted by molar-refractivity contribution is -0.129. The smallest absolute Gasteiger partial charge is 0.335 e. The van der Waals surface area contributed by atoms with Gasteiger partial charge in [0.05, 0.1) is 0 Å². The lowest BCUT2D eigenvalue weighted by Crippen LogP contribution is -2.03. The van der Waals surface area contributed by atoms with Crippen molar-refractivity contribution in [2.75, 3.05) is 0 Å². The molecule has 15 heavy (non-hydrogen) atoms. The van der Waals surface area contributed by atoms with E-state index >= 15 is 0 Å². The van der Waals surface area contributed by atoms with Crippen LogP contribution in [0.25, 0.3) is 0 Å². The Morgan fingerprint density at radius 2 is 1.93 bits per heavy atom. The van der Waals surface area contributed by atoms with Gasteiger partial charge in [0.1, 0.15) is 11.5 Å². The van der Waals surface area contributed by atoms with Crippen LogP contribution in [0.3, 0.4) is 0 Å². The Kier molecular flexibility index (Phi) is 3.80. The van der Waals surface area contributed by atoms with E-state index < -0.39 is 5.97 Å². The number of carbonyl (C=O) groups excluding carboxylic acids is 2. The highest BCUT2D eigenvalue weighted by molar-refractivity contribution is 5.83. The molecule has 0 saturated carbocycles. The van der Waals surface area contributed by atoms with E-state index in [2.05, 4.69) is 6.58 Å². The second-order valence-electron chi connectivity index (χ2n) is 3.15. The summed E-state index contributed by atoms with van der Waals surface area (Å²) in [7, 11) is 0. The lowest BCUT2D eigenvalue weighted by Gasteiger charge is -2.02. The Morgan fingerprint density at radius 1 is 1.33 bits per heavy atom. The SMILES string of the molecule is C=CC(=O)Oc1ccc(CC(C)=O)cc1. The van der Waals surface area contributed by atoms with Gasteiger partial charge >= 0.3 is 5.97 Å². The van der Waals surface area contributed by atoms with Gasteiger partial charge < -0.3 is 4.74 Å². The number of rotatable bonds is 4. The molecule has 0 N–H and O–H groups in total. The van der Waals surface area contributed by atoms with Gasteiger partial charge in [-0.25, -0.2) is 4.79 Å². The number of hydrogen-bond donors (Lipinski definition) is 0. The average Bonchev–Trinajstić information content (AvgIpc) is 2.20. The standard InChI is InChI=1S/C12H12O3/c1-3-12(14)15-11-6-4-10(5-7-11)8-9(2)13/h3-7H,1,8H2,2H3. The van der Waals surface area contributed by atoms with Crippen LogP contribution in [-0.4, -0.2) is 11.8 Å². The first-order chi connectivity index (χ1) is 7.11. The van der Waals surface area contributed by atoms with Crippen LogP contribution >= 0.6 is 0 Å². The molecule has 0 bridgehead atoms. The normalized spacial score (nSPS) is 9.40. The minimum Gasteiger partial charge on any atom is -0.423 e. The van der Waals surface area contributed by atoms with E-state index in [-0.39, 0.29) is 5.78 Å². The maximum atomic E-state index is 10.8. The minimum atomic E-state index is -0.491. The summed E-state index contributed by atoms with van der Waals surface area (Å²) >= 11 is 0. The summed E-state index contributed by atoms with van der Waals surface area (Å²) in [4.78, 5) is 21.7. The summed E-state index contributed by atoms with van der Waals surface area (Å²) in [5, 5.41) is 0. The molecule has 3 nitrogen and oxygen atoms in total. The molecule has 1 rings (SSSR count). The summed E-state index contributed by atoms with van der Waals surface area (Å²) in [5.41, 5.74) is 0.904. The number of esters is 1. The molecule has 0 aliphatic carbocycles. The van der Waals surface area contributed by atoms with Gasteiger partial charge in [-0.15, -0.1) is 0 Å². The molecular weight excluding hydrogens is 192 g/mol. The molecule has 0 spiro atoms. The third-order valence-corrected chi connectivity index (χ3v) is 1.76. The third-order valence-electron chi connectivity index (χ3n) is 1.76. The van der Waals surface area contributed by atoms with E-state index in [9.17, 15) is 9.59 Å². The first-order valence-electron chi connectivity index (χ1n) is 4.54. The third kappa shape index (κ3) is 3.77. The molecule has 0 aliphatic rings. The van der Waals surface area contributed by atoms with Gasteiger partial charge in [0.15, 0.2) is 0 Å². The second-order valence-corrected chi connectivity index (χ2v) is 3.15. The fourth-order valence-electron chi connectivity index (χ4n) is 1.12. The zero-order valence-electron chi connectivity index (χ0n) is 8.53. The highest BCUT2D eigenvalue weighted by Crippen LogP contribution is 2.12. The number of Topliss-reactive ketones (excluding diaryl/α,β-unsaturated/α-hetero) is 1. The molecule has 78 valence electrons. The topological polar surface area (TPSA) is 43.4 Å². The van der Waals surface area contributed by atoms with Gasteiger partial charge in [0.25, 0.3) is 0 Å². The molecule has 0 heterocycles. The van der Waals surface area contributed by atoms with Crippen LogP contribution in [0, 0.1) is 0 Å². The molecule has 0 saturated heterocycles. The minimum absolute atomic E-state index is 0.103. The van der Waals surface area contributed by atoms with Gasteiger partial charge in [0.2, 0.25) is 0 Å². The Hall–Kier alpha value is -1.90. The number of ketones is 1. The Morgan fingerprint density at radius 3 is 2.40 bits per heavy atom. The van der Waals surface area contributed by atoms with Crippen molar-refractivity contribution < 1.29 is 14.3 Å². The number of hydrogen-bond acceptors (Lipinski definition) is 3. The molecule has 0 amide bonds. The van der Waals surface area contributed by atoms with Crippen LogP contribution < -0.4 is 4.74 Å². The van der Waals surface area contributed by atoms with Crippen molar-refractivity contribution in [3.8, 4) is 5.75 Å². The first-order valence-corrected chi connectivity index (χ1v) is 4.54. The van der Waals surface area contributed by atoms with Crippen LogP contribution in [0.1, 0.15) is 12.5 Å². The molecule has 0 atom stereocenters. The van der Waals surface area contributed by atoms with E-state index in [1.54, 1.807) is 24.3 Å². The zero-order chi connectivity index (χ0) is 11.3. The molecule has 0 aliphatic heterocycles. The van der Waals surface area contributed by atoms with Crippen molar-refractivity contribution in [3.63, 3.8) is 0 Å². The van der Waals surface area contributed by atoms with E-state index in [0.717, 1.165) is 11.6 Å². The summed E-state index contributed by atoms with van der Waals surface area (Å²) in [6.45, 7) is 4.83. The van der Waals surface area contributed by atoms with Crippen LogP contribution in [0.4, 0.5) is 0 Å². The van der Waals surface area contributed by atoms with Crippen LogP contribution in [0.15, 0.2) is 36.9 Å². The van der Waals surface area contributed by atoms with Crippen molar-refractivity contribution in [2.24, 2.45) is 0 Å². The zero-order valence-corrected chi connectivity index (χ0v) is 8.53. The van der Waals surface area contributed by atoms with Gasteiger partial charge in [0, 0.05) is 12.5 Å². The second kappa shape index (κ2) is 5.10. The maximum absolute atomic E-state index is 10.8. The number of ether oxygens (including phenoxy) is 1. The average molecular weight is 204 g/mol. The highest BCUT2D eigenvalue weighted by Gasteiger charge is 2.01. The van der Waals surface area contributed by atoms with Gasteiger partial charge in [-0.1, -0.05) is 18.7 Å². The van der Waals surface area contributed by atoms with Crippen LogP contribution in [-0.2, 0) is 16.0 Å². The van der Waals surface area contributed by atoms with E-state index in [0.29, 0.717) is 12.2 Å². The molecule has 0 unspecified atom stereocenters. The number of benzene rings is 1. The van der Waals surface area contributed by atoms with E-state index in [1.165, 1.54) is 6.92 Å². The van der Waals surface area contributed by atoms with Crippen molar-refractivity contribution in [3.05, 3.63) is 42.5 Å². The highest BCUT2D eigenvalue weighted by atomic mass is 16.5. The van der Waals surface area contributed by atoms with Gasteiger partial charge in [-0.05, 0) is 24.6 Å². The fourth-order valence-corrected chi connectivity index (χ4v) is 1.12. The van der Waals surface area contributed by atoms with Crippen molar-refractivity contribution in [1.29, 1.82) is 0 Å². The largest absolute Gasteiger partial charge is 0.423 e. The summed E-state index contributed by atoms with van der Waals surface area (Å²) < 4.78 is 4.88. The summed E-state index contributed by atoms with van der Waals surface area (Å²) in [6, 6.07) is 6.82. The van der Waals surface area contributed by atoms with Gasteiger partial charge in [-0.3, -0.25) is 4.79 Å². The summed E-state index contributed by atoms with van der Waals surface area (Å²) in [5.74, 6) is 0.0624. The van der Waals surface area contributed by atoms with E-state index in [1.807, 2.05) is 0 Å². The molecule has 0 aromatic heterocycles.